The van der Waals surface area contributed by atoms with Gasteiger partial charge in [0.25, 0.3) is 0 Å². The molecular formula is C16H17Cl2F3O2. The summed E-state index contributed by atoms with van der Waals surface area (Å²) in [7, 11) is 0. The molecule has 1 aromatic carbocycles. The van der Waals surface area contributed by atoms with E-state index in [0.717, 1.165) is 12.5 Å². The number of hydrogen-bond acceptors (Lipinski definition) is 2. The molecule has 1 heterocycles. The maximum absolute atomic E-state index is 12.8. The van der Waals surface area contributed by atoms with Gasteiger partial charge in [-0.3, -0.25) is 0 Å². The van der Waals surface area contributed by atoms with Crippen molar-refractivity contribution in [3.05, 3.63) is 27.8 Å². The van der Waals surface area contributed by atoms with Crippen molar-refractivity contribution in [3.8, 4) is 11.5 Å². The number of rotatable bonds is 3. The standard InChI is InChI=1S/C16H17Cl2F3O2/c1-15(2,3)6-7-22-14-10(17)8-9-4-5-11(16(19,20)21)23-13(9)12(14)18/h4-5,8,11H,6-7H2,1-3H3. The minimum atomic E-state index is -4.51. The maximum Gasteiger partial charge on any atom is 0.429 e. The summed E-state index contributed by atoms with van der Waals surface area (Å²) in [6.07, 6.45) is -3.58. The van der Waals surface area contributed by atoms with Crippen LogP contribution in [0, 0.1) is 5.41 Å². The van der Waals surface area contributed by atoms with Gasteiger partial charge in [-0.15, -0.1) is 0 Å². The molecule has 128 valence electrons. The smallest absolute Gasteiger partial charge is 0.429 e. The first-order valence-electron chi connectivity index (χ1n) is 7.05. The molecular weight excluding hydrogens is 352 g/mol. The van der Waals surface area contributed by atoms with Gasteiger partial charge in [0.05, 0.1) is 11.6 Å². The summed E-state index contributed by atoms with van der Waals surface area (Å²) in [5.74, 6) is 0.0826. The Hall–Kier alpha value is -1.07. The van der Waals surface area contributed by atoms with Crippen LogP contribution < -0.4 is 9.47 Å². The second-order valence-electron chi connectivity index (χ2n) is 6.52. The predicted molar refractivity (Wildman–Crippen MR) is 85.5 cm³/mol. The monoisotopic (exact) mass is 368 g/mol. The van der Waals surface area contributed by atoms with Gasteiger partial charge in [-0.1, -0.05) is 50.0 Å². The van der Waals surface area contributed by atoms with Crippen LogP contribution in [-0.2, 0) is 0 Å². The molecule has 7 heteroatoms. The van der Waals surface area contributed by atoms with E-state index >= 15 is 0 Å². The van der Waals surface area contributed by atoms with Crippen molar-refractivity contribution in [2.45, 2.75) is 39.5 Å². The van der Waals surface area contributed by atoms with Crippen molar-refractivity contribution >= 4 is 29.3 Å². The molecule has 0 aliphatic carbocycles. The second kappa shape index (κ2) is 6.44. The number of fused-ring (bicyclic) bond motifs is 1. The molecule has 0 fully saturated rings. The van der Waals surface area contributed by atoms with Crippen LogP contribution in [0.25, 0.3) is 6.08 Å². The first kappa shape index (κ1) is 18.3. The molecule has 2 rings (SSSR count). The predicted octanol–water partition coefficient (Wildman–Crippen LogP) is 6.14. The van der Waals surface area contributed by atoms with E-state index in [4.69, 9.17) is 32.7 Å². The summed E-state index contributed by atoms with van der Waals surface area (Å²) in [4.78, 5) is 0. The van der Waals surface area contributed by atoms with Crippen LogP contribution in [-0.4, -0.2) is 18.9 Å². The van der Waals surface area contributed by atoms with E-state index in [-0.39, 0.29) is 27.0 Å². The summed E-state index contributed by atoms with van der Waals surface area (Å²) >= 11 is 12.3. The average Bonchev–Trinajstić information content (AvgIpc) is 2.39. The number of halogens is 5. The van der Waals surface area contributed by atoms with Crippen molar-refractivity contribution in [1.29, 1.82) is 0 Å². The Balaban J connectivity index is 2.26. The Labute approximate surface area is 143 Å². The molecule has 0 N–H and O–H groups in total. The molecule has 0 saturated carbocycles. The van der Waals surface area contributed by atoms with Crippen molar-refractivity contribution in [2.24, 2.45) is 5.41 Å². The van der Waals surface area contributed by atoms with Gasteiger partial charge in [0.2, 0.25) is 6.10 Å². The average molecular weight is 369 g/mol. The van der Waals surface area contributed by atoms with E-state index in [1.165, 1.54) is 12.1 Å². The van der Waals surface area contributed by atoms with Crippen molar-refractivity contribution in [3.63, 3.8) is 0 Å². The van der Waals surface area contributed by atoms with Crippen molar-refractivity contribution in [1.82, 2.24) is 0 Å². The quantitative estimate of drug-likeness (QED) is 0.637. The minimum absolute atomic E-state index is 0.0417. The van der Waals surface area contributed by atoms with Crippen LogP contribution in [0.15, 0.2) is 12.1 Å². The largest absolute Gasteiger partial charge is 0.490 e. The molecule has 0 spiro atoms. The summed E-state index contributed by atoms with van der Waals surface area (Å²) < 4.78 is 49.0. The highest BCUT2D eigenvalue weighted by Crippen LogP contribution is 2.46. The molecule has 0 aromatic heterocycles. The summed E-state index contributed by atoms with van der Waals surface area (Å²) in [5, 5.41) is 0.196. The fourth-order valence-corrected chi connectivity index (χ4v) is 2.60. The minimum Gasteiger partial charge on any atom is -0.490 e. The van der Waals surface area contributed by atoms with E-state index in [2.05, 4.69) is 0 Å². The van der Waals surface area contributed by atoms with E-state index in [0.29, 0.717) is 12.2 Å². The highest BCUT2D eigenvalue weighted by Gasteiger charge is 2.42. The molecule has 0 bridgehead atoms. The van der Waals surface area contributed by atoms with Gasteiger partial charge in [-0.25, -0.2) is 0 Å². The SMILES string of the molecule is CC(C)(C)CCOc1c(Cl)cc2c(c1Cl)OC(C(F)(F)F)C=C2. The van der Waals surface area contributed by atoms with Crippen LogP contribution in [0.2, 0.25) is 10.0 Å². The lowest BCUT2D eigenvalue weighted by Gasteiger charge is -2.26. The third-order valence-electron chi connectivity index (χ3n) is 3.28. The van der Waals surface area contributed by atoms with Crippen molar-refractivity contribution in [2.75, 3.05) is 6.61 Å². The number of ether oxygens (including phenoxy) is 2. The fraction of sp³-hybridized carbons (Fsp3) is 0.500. The Morgan fingerprint density at radius 1 is 1.22 bits per heavy atom. The summed E-state index contributed by atoms with van der Waals surface area (Å²) in [6, 6.07) is 1.48. The summed E-state index contributed by atoms with van der Waals surface area (Å²) in [5.41, 5.74) is 0.442. The lowest BCUT2D eigenvalue weighted by molar-refractivity contribution is -0.180. The Kier molecular flexibility index (Phi) is 5.12. The zero-order chi connectivity index (χ0) is 17.4. The van der Waals surface area contributed by atoms with Gasteiger partial charge in [0.1, 0.15) is 10.8 Å². The van der Waals surface area contributed by atoms with Gasteiger partial charge in [-0.2, -0.15) is 13.2 Å². The molecule has 1 aromatic rings. The van der Waals surface area contributed by atoms with E-state index in [1.54, 1.807) is 0 Å². The third-order valence-corrected chi connectivity index (χ3v) is 3.90. The lowest BCUT2D eigenvalue weighted by atomic mass is 9.93. The zero-order valence-corrected chi connectivity index (χ0v) is 14.4. The van der Waals surface area contributed by atoms with Crippen LogP contribution in [0.3, 0.4) is 0 Å². The highest BCUT2D eigenvalue weighted by atomic mass is 35.5. The normalized spacial score (nSPS) is 17.7. The first-order chi connectivity index (χ1) is 10.5. The molecule has 0 saturated heterocycles. The third kappa shape index (κ3) is 4.48. The van der Waals surface area contributed by atoms with Crippen LogP contribution in [0.4, 0.5) is 13.2 Å². The van der Waals surface area contributed by atoms with Gasteiger partial charge in [0, 0.05) is 5.56 Å². The highest BCUT2D eigenvalue weighted by molar-refractivity contribution is 6.38. The molecule has 0 radical (unpaired) electrons. The molecule has 1 atom stereocenters. The van der Waals surface area contributed by atoms with Crippen molar-refractivity contribution < 1.29 is 22.6 Å². The topological polar surface area (TPSA) is 18.5 Å². The summed E-state index contributed by atoms with van der Waals surface area (Å²) in [6.45, 7) is 6.50. The lowest BCUT2D eigenvalue weighted by Crippen LogP contribution is -2.34. The fourth-order valence-electron chi connectivity index (χ4n) is 1.97. The van der Waals surface area contributed by atoms with Gasteiger partial charge >= 0.3 is 6.18 Å². The number of hydrogen-bond donors (Lipinski definition) is 0. The number of benzene rings is 1. The second-order valence-corrected chi connectivity index (χ2v) is 7.30. The van der Waals surface area contributed by atoms with E-state index in [9.17, 15) is 13.2 Å². The van der Waals surface area contributed by atoms with Crippen LogP contribution >= 0.6 is 23.2 Å². The first-order valence-corrected chi connectivity index (χ1v) is 7.81. The number of alkyl halides is 3. The van der Waals surface area contributed by atoms with Gasteiger partial charge in [-0.05, 0) is 24.0 Å². The van der Waals surface area contributed by atoms with Crippen LogP contribution in [0.5, 0.6) is 11.5 Å². The van der Waals surface area contributed by atoms with Gasteiger partial charge < -0.3 is 9.47 Å². The molecule has 1 aliphatic heterocycles. The van der Waals surface area contributed by atoms with E-state index < -0.39 is 12.3 Å². The van der Waals surface area contributed by atoms with E-state index in [1.807, 2.05) is 20.8 Å². The molecule has 1 unspecified atom stereocenters. The Morgan fingerprint density at radius 3 is 2.43 bits per heavy atom. The Bertz CT molecular complexity index is 619. The zero-order valence-electron chi connectivity index (χ0n) is 12.9. The molecule has 0 amide bonds. The molecule has 23 heavy (non-hydrogen) atoms. The van der Waals surface area contributed by atoms with Gasteiger partial charge in [0.15, 0.2) is 5.75 Å². The van der Waals surface area contributed by atoms with Crippen LogP contribution in [0.1, 0.15) is 32.8 Å². The Morgan fingerprint density at radius 2 is 1.87 bits per heavy atom. The maximum atomic E-state index is 12.8. The molecule has 2 nitrogen and oxygen atoms in total. The molecule has 1 aliphatic rings.